The third kappa shape index (κ3) is 2.09. The first-order valence-electron chi connectivity index (χ1n) is 6.66. The summed E-state index contributed by atoms with van der Waals surface area (Å²) in [5.74, 6) is 0.850. The van der Waals surface area contributed by atoms with Crippen LogP contribution in [0.25, 0.3) is 16.9 Å². The van der Waals surface area contributed by atoms with Gasteiger partial charge in [0, 0.05) is 18.0 Å². The van der Waals surface area contributed by atoms with Gasteiger partial charge in [-0.1, -0.05) is 12.1 Å². The molecule has 0 spiro atoms. The van der Waals surface area contributed by atoms with Crippen molar-refractivity contribution in [2.45, 2.75) is 13.8 Å². The number of aromatic nitrogens is 2. The quantitative estimate of drug-likeness (QED) is 0.792. The van der Waals surface area contributed by atoms with Gasteiger partial charge in [-0.3, -0.25) is 0 Å². The molecule has 0 aliphatic rings. The zero-order valence-electron chi connectivity index (χ0n) is 11.6. The van der Waals surface area contributed by atoms with Crippen molar-refractivity contribution in [1.29, 1.82) is 0 Å². The number of hydrogen-bond donors (Lipinski definition) is 1. The Morgan fingerprint density at radius 1 is 1.25 bits per heavy atom. The van der Waals surface area contributed by atoms with Crippen LogP contribution < -0.4 is 10.5 Å². The summed E-state index contributed by atoms with van der Waals surface area (Å²) in [5, 5.41) is 0. The molecule has 0 fully saturated rings. The number of nitrogens with zero attached hydrogens (tertiary/aromatic N) is 2. The zero-order valence-corrected chi connectivity index (χ0v) is 11.6. The normalized spacial score (nSPS) is 10.9. The molecule has 4 heteroatoms. The number of ether oxygens (including phenoxy) is 1. The van der Waals surface area contributed by atoms with E-state index in [0.717, 1.165) is 33.9 Å². The first-order chi connectivity index (χ1) is 9.69. The number of aryl methyl sites for hydroxylation is 1. The van der Waals surface area contributed by atoms with Crippen molar-refractivity contribution in [2.75, 3.05) is 12.3 Å². The van der Waals surface area contributed by atoms with Crippen LogP contribution >= 0.6 is 0 Å². The topological polar surface area (TPSA) is 52.5 Å². The predicted molar refractivity (Wildman–Crippen MR) is 80.9 cm³/mol. The van der Waals surface area contributed by atoms with E-state index in [9.17, 15) is 0 Å². The Kier molecular flexibility index (Phi) is 3.06. The lowest BCUT2D eigenvalue weighted by Gasteiger charge is -2.07. The Morgan fingerprint density at radius 2 is 2.05 bits per heavy atom. The highest BCUT2D eigenvalue weighted by Crippen LogP contribution is 2.29. The van der Waals surface area contributed by atoms with Crippen LogP contribution in [0.4, 0.5) is 5.69 Å². The van der Waals surface area contributed by atoms with Crippen LogP contribution in [0, 0.1) is 6.92 Å². The van der Waals surface area contributed by atoms with E-state index in [4.69, 9.17) is 10.5 Å². The van der Waals surface area contributed by atoms with Gasteiger partial charge in [0.1, 0.15) is 11.4 Å². The number of pyridine rings is 1. The predicted octanol–water partition coefficient (Wildman–Crippen LogP) is 3.29. The third-order valence-electron chi connectivity index (χ3n) is 3.30. The van der Waals surface area contributed by atoms with E-state index in [2.05, 4.69) is 4.98 Å². The van der Waals surface area contributed by atoms with Crippen molar-refractivity contribution in [1.82, 2.24) is 9.38 Å². The maximum atomic E-state index is 5.94. The molecule has 1 aromatic carbocycles. The molecule has 2 aromatic heterocycles. The second-order valence-corrected chi connectivity index (χ2v) is 4.73. The zero-order chi connectivity index (χ0) is 14.1. The van der Waals surface area contributed by atoms with Gasteiger partial charge in [-0.05, 0) is 37.6 Å². The molecule has 0 amide bonds. The molecule has 3 aromatic rings. The summed E-state index contributed by atoms with van der Waals surface area (Å²) in [5.41, 5.74) is 10.5. The fourth-order valence-electron chi connectivity index (χ4n) is 2.24. The second-order valence-electron chi connectivity index (χ2n) is 4.73. The molecule has 0 saturated heterocycles. The van der Waals surface area contributed by atoms with Crippen LogP contribution in [0.3, 0.4) is 0 Å². The molecule has 2 heterocycles. The molecule has 2 N–H and O–H groups in total. The number of nitrogens with two attached hydrogens (primary N) is 1. The third-order valence-corrected chi connectivity index (χ3v) is 3.30. The highest BCUT2D eigenvalue weighted by atomic mass is 16.5. The Balaban J connectivity index is 2.15. The van der Waals surface area contributed by atoms with E-state index in [1.54, 1.807) is 0 Å². The van der Waals surface area contributed by atoms with Crippen LogP contribution in [0.2, 0.25) is 0 Å². The van der Waals surface area contributed by atoms with Crippen molar-refractivity contribution in [3.05, 3.63) is 48.3 Å². The fourth-order valence-corrected chi connectivity index (χ4v) is 2.24. The summed E-state index contributed by atoms with van der Waals surface area (Å²) in [6.45, 7) is 4.60. The van der Waals surface area contributed by atoms with Gasteiger partial charge in [0.15, 0.2) is 0 Å². The highest BCUT2D eigenvalue weighted by Gasteiger charge is 2.10. The summed E-state index contributed by atoms with van der Waals surface area (Å²) in [7, 11) is 0. The lowest BCUT2D eigenvalue weighted by Crippen LogP contribution is -1.93. The summed E-state index contributed by atoms with van der Waals surface area (Å²) < 4.78 is 7.61. The van der Waals surface area contributed by atoms with Gasteiger partial charge in [0.05, 0.1) is 18.0 Å². The minimum absolute atomic E-state index is 0.635. The van der Waals surface area contributed by atoms with Crippen LogP contribution in [0.15, 0.2) is 42.7 Å². The molecule has 0 saturated carbocycles. The van der Waals surface area contributed by atoms with E-state index in [1.165, 1.54) is 0 Å². The number of para-hydroxylation sites is 1. The maximum Gasteiger partial charge on any atom is 0.137 e. The van der Waals surface area contributed by atoms with Crippen LogP contribution in [-0.2, 0) is 0 Å². The second kappa shape index (κ2) is 4.89. The monoisotopic (exact) mass is 267 g/mol. The molecule has 0 aliphatic heterocycles. The van der Waals surface area contributed by atoms with E-state index in [-0.39, 0.29) is 0 Å². The summed E-state index contributed by atoms with van der Waals surface area (Å²) in [6.07, 6.45) is 3.87. The minimum atomic E-state index is 0.635. The molecule has 0 bridgehead atoms. The Bertz CT molecular complexity index is 723. The molecule has 0 aliphatic carbocycles. The first kappa shape index (κ1) is 12.5. The lowest BCUT2D eigenvalue weighted by atomic mass is 10.1. The van der Waals surface area contributed by atoms with Crippen molar-refractivity contribution in [3.63, 3.8) is 0 Å². The Morgan fingerprint density at radius 3 is 2.85 bits per heavy atom. The summed E-state index contributed by atoms with van der Waals surface area (Å²) in [4.78, 5) is 4.66. The molecule has 3 rings (SSSR count). The Labute approximate surface area is 117 Å². The largest absolute Gasteiger partial charge is 0.493 e. The van der Waals surface area contributed by atoms with Gasteiger partial charge >= 0.3 is 0 Å². The van der Waals surface area contributed by atoms with Gasteiger partial charge in [0.25, 0.3) is 0 Å². The van der Waals surface area contributed by atoms with E-state index in [1.807, 2.05) is 61.0 Å². The lowest BCUT2D eigenvalue weighted by molar-refractivity contribution is 0.341. The summed E-state index contributed by atoms with van der Waals surface area (Å²) in [6, 6.07) is 9.92. The molecular formula is C16H17N3O. The molecule has 0 radical (unpaired) electrons. The number of hydrogen-bond acceptors (Lipinski definition) is 3. The van der Waals surface area contributed by atoms with Crippen molar-refractivity contribution >= 4 is 11.3 Å². The van der Waals surface area contributed by atoms with Gasteiger partial charge in [-0.2, -0.15) is 0 Å². The molecule has 20 heavy (non-hydrogen) atoms. The Hall–Kier alpha value is -2.49. The van der Waals surface area contributed by atoms with Gasteiger partial charge < -0.3 is 14.9 Å². The van der Waals surface area contributed by atoms with Crippen LogP contribution in [-0.4, -0.2) is 16.0 Å². The average Bonchev–Trinajstić information content (AvgIpc) is 2.83. The number of benzene rings is 1. The maximum absolute atomic E-state index is 5.94. The van der Waals surface area contributed by atoms with E-state index < -0.39 is 0 Å². The van der Waals surface area contributed by atoms with Gasteiger partial charge in [-0.15, -0.1) is 0 Å². The average molecular weight is 267 g/mol. The summed E-state index contributed by atoms with van der Waals surface area (Å²) >= 11 is 0. The smallest absolute Gasteiger partial charge is 0.137 e. The number of imidazole rings is 1. The first-order valence-corrected chi connectivity index (χ1v) is 6.66. The van der Waals surface area contributed by atoms with E-state index >= 15 is 0 Å². The molecular weight excluding hydrogens is 250 g/mol. The number of rotatable bonds is 3. The molecule has 0 atom stereocenters. The SMILES string of the molecule is CCOc1ccccc1-c1cn2cc(N)c(C)cc2n1. The van der Waals surface area contributed by atoms with Crippen molar-refractivity contribution in [2.24, 2.45) is 0 Å². The highest BCUT2D eigenvalue weighted by molar-refractivity contribution is 5.70. The number of anilines is 1. The molecule has 4 nitrogen and oxygen atoms in total. The van der Waals surface area contributed by atoms with E-state index in [0.29, 0.717) is 6.61 Å². The van der Waals surface area contributed by atoms with Crippen LogP contribution in [0.1, 0.15) is 12.5 Å². The molecule has 0 unspecified atom stereocenters. The molecule has 102 valence electrons. The number of nitrogen functional groups attached to an aromatic ring is 1. The van der Waals surface area contributed by atoms with Crippen molar-refractivity contribution in [3.8, 4) is 17.0 Å². The van der Waals surface area contributed by atoms with Gasteiger partial charge in [0.2, 0.25) is 0 Å². The standard InChI is InChI=1S/C16H17N3O/c1-3-20-15-7-5-4-6-12(15)14-10-19-9-13(17)11(2)8-16(19)18-14/h4-10H,3,17H2,1-2H3. The minimum Gasteiger partial charge on any atom is -0.493 e. The fraction of sp³-hybridized carbons (Fsp3) is 0.188. The van der Waals surface area contributed by atoms with Crippen LogP contribution in [0.5, 0.6) is 5.75 Å². The van der Waals surface area contributed by atoms with Crippen molar-refractivity contribution < 1.29 is 4.74 Å². The number of fused-ring (bicyclic) bond motifs is 1. The van der Waals surface area contributed by atoms with Gasteiger partial charge in [-0.25, -0.2) is 4.98 Å².